The van der Waals surface area contributed by atoms with Crippen LogP contribution in [0.5, 0.6) is 11.5 Å². The molecule has 1 saturated heterocycles. The van der Waals surface area contributed by atoms with E-state index in [-0.39, 0.29) is 24.4 Å². The third-order valence-electron chi connectivity index (χ3n) is 4.69. The average Bonchev–Trinajstić information content (AvgIpc) is 3.36. The van der Waals surface area contributed by atoms with Gasteiger partial charge in [-0.25, -0.2) is 4.98 Å². The molecule has 3 heterocycles. The summed E-state index contributed by atoms with van der Waals surface area (Å²) in [5.41, 5.74) is 1.37. The molecule has 7 nitrogen and oxygen atoms in total. The third kappa shape index (κ3) is 3.33. The van der Waals surface area contributed by atoms with Crippen LogP contribution in [0.25, 0.3) is 6.08 Å². The Morgan fingerprint density at radius 2 is 2.15 bits per heavy atom. The van der Waals surface area contributed by atoms with E-state index in [1.54, 1.807) is 41.7 Å². The first-order chi connectivity index (χ1) is 12.7. The topological polar surface area (TPSA) is 84.5 Å². The van der Waals surface area contributed by atoms with Crippen LogP contribution in [0.2, 0.25) is 0 Å². The van der Waals surface area contributed by atoms with Crippen molar-refractivity contribution in [1.29, 1.82) is 0 Å². The minimum atomic E-state index is -0.200. The number of nitrogens with one attached hydrogen (secondary N) is 1. The highest BCUT2D eigenvalue weighted by Crippen LogP contribution is 2.33. The summed E-state index contributed by atoms with van der Waals surface area (Å²) in [6, 6.07) is 5.24. The van der Waals surface area contributed by atoms with E-state index in [0.29, 0.717) is 30.2 Å². The normalized spacial score (nSPS) is 19.1. The van der Waals surface area contributed by atoms with E-state index in [1.165, 1.54) is 6.08 Å². The first-order valence-electron chi connectivity index (χ1n) is 8.60. The predicted molar refractivity (Wildman–Crippen MR) is 93.8 cm³/mol. The minimum absolute atomic E-state index is 0.0401. The Kier molecular flexibility index (Phi) is 4.43. The van der Waals surface area contributed by atoms with Crippen LogP contribution in [0.3, 0.4) is 0 Å². The fraction of sp³-hybridized carbons (Fsp3) is 0.316. The van der Waals surface area contributed by atoms with Crippen LogP contribution in [-0.4, -0.2) is 46.4 Å². The van der Waals surface area contributed by atoms with Crippen LogP contribution < -0.4 is 9.47 Å². The molecular weight excluding hydrogens is 334 g/mol. The number of aromatic nitrogens is 2. The van der Waals surface area contributed by atoms with Gasteiger partial charge in [-0.3, -0.25) is 9.59 Å². The number of ether oxygens (including phenoxy) is 2. The lowest BCUT2D eigenvalue weighted by molar-refractivity contribution is -0.127. The van der Waals surface area contributed by atoms with Crippen molar-refractivity contribution >= 4 is 17.8 Å². The lowest BCUT2D eigenvalue weighted by Gasteiger charge is -2.31. The van der Waals surface area contributed by atoms with Crippen LogP contribution >= 0.6 is 0 Å². The first-order valence-corrected chi connectivity index (χ1v) is 8.60. The maximum Gasteiger partial charge on any atom is 0.246 e. The number of carbonyl (C=O) groups excluding carboxylic acids is 2. The molecule has 1 amide bonds. The minimum Gasteiger partial charge on any atom is -0.454 e. The second-order valence-corrected chi connectivity index (χ2v) is 6.40. The lowest BCUT2D eigenvalue weighted by Crippen LogP contribution is -2.41. The lowest BCUT2D eigenvalue weighted by atomic mass is 9.90. The number of ketones is 1. The molecule has 4 rings (SSSR count). The molecule has 0 saturated carbocycles. The van der Waals surface area contributed by atoms with Gasteiger partial charge in [0.05, 0.1) is 18.2 Å². The largest absolute Gasteiger partial charge is 0.454 e. The van der Waals surface area contributed by atoms with Gasteiger partial charge in [-0.05, 0) is 37.1 Å². The van der Waals surface area contributed by atoms with Crippen molar-refractivity contribution in [3.63, 3.8) is 0 Å². The van der Waals surface area contributed by atoms with Crippen molar-refractivity contribution in [2.45, 2.75) is 12.8 Å². The summed E-state index contributed by atoms with van der Waals surface area (Å²) in [5, 5.41) is 0. The molecule has 1 N–H and O–H groups in total. The van der Waals surface area contributed by atoms with Crippen molar-refractivity contribution in [3.05, 3.63) is 48.1 Å². The fourth-order valence-corrected chi connectivity index (χ4v) is 3.30. The Labute approximate surface area is 150 Å². The molecule has 2 aliphatic heterocycles. The predicted octanol–water partition coefficient (Wildman–Crippen LogP) is 2.27. The van der Waals surface area contributed by atoms with E-state index >= 15 is 0 Å². The fourth-order valence-electron chi connectivity index (χ4n) is 3.30. The maximum atomic E-state index is 12.8. The van der Waals surface area contributed by atoms with Crippen molar-refractivity contribution in [1.82, 2.24) is 14.9 Å². The number of H-pyrrole nitrogens is 1. The molecule has 1 aromatic heterocycles. The summed E-state index contributed by atoms with van der Waals surface area (Å²) in [4.78, 5) is 33.8. The highest BCUT2D eigenvalue weighted by atomic mass is 16.7. The number of carbonyl (C=O) groups is 2. The van der Waals surface area contributed by atoms with Gasteiger partial charge in [-0.1, -0.05) is 0 Å². The smallest absolute Gasteiger partial charge is 0.246 e. The van der Waals surface area contributed by atoms with Gasteiger partial charge in [0.25, 0.3) is 0 Å². The van der Waals surface area contributed by atoms with E-state index < -0.39 is 0 Å². The van der Waals surface area contributed by atoms with Gasteiger partial charge in [0, 0.05) is 30.6 Å². The van der Waals surface area contributed by atoms with Gasteiger partial charge in [0.2, 0.25) is 12.7 Å². The number of aromatic amines is 1. The van der Waals surface area contributed by atoms with Crippen molar-refractivity contribution < 1.29 is 19.1 Å². The van der Waals surface area contributed by atoms with E-state index in [1.807, 2.05) is 0 Å². The number of amides is 1. The summed E-state index contributed by atoms with van der Waals surface area (Å²) in [5.74, 6) is 1.00. The zero-order valence-corrected chi connectivity index (χ0v) is 14.2. The summed E-state index contributed by atoms with van der Waals surface area (Å²) < 4.78 is 10.6. The number of fused-ring (bicyclic) bond motifs is 1. The molecule has 1 fully saturated rings. The highest BCUT2D eigenvalue weighted by molar-refractivity contribution is 5.99. The zero-order valence-electron chi connectivity index (χ0n) is 14.2. The summed E-state index contributed by atoms with van der Waals surface area (Å²) in [6.07, 6.45) is 8.00. The number of hydrogen-bond acceptors (Lipinski definition) is 5. The Balaban J connectivity index is 1.43. The molecule has 1 unspecified atom stereocenters. The molecule has 0 spiro atoms. The van der Waals surface area contributed by atoms with Crippen LogP contribution in [-0.2, 0) is 4.79 Å². The van der Waals surface area contributed by atoms with E-state index in [9.17, 15) is 9.59 Å². The molecule has 134 valence electrons. The molecule has 7 heteroatoms. The Morgan fingerprint density at radius 3 is 3.00 bits per heavy atom. The number of Topliss-reactive ketones (excluding diaryl/α,β-unsaturated/α-hetero) is 1. The zero-order chi connectivity index (χ0) is 17.9. The van der Waals surface area contributed by atoms with E-state index in [4.69, 9.17) is 9.47 Å². The van der Waals surface area contributed by atoms with Crippen molar-refractivity contribution in [3.8, 4) is 11.5 Å². The second-order valence-electron chi connectivity index (χ2n) is 6.40. The van der Waals surface area contributed by atoms with Crippen LogP contribution in [0.15, 0.2) is 36.8 Å². The van der Waals surface area contributed by atoms with Gasteiger partial charge in [0.1, 0.15) is 0 Å². The van der Waals surface area contributed by atoms with Gasteiger partial charge in [-0.15, -0.1) is 0 Å². The quantitative estimate of drug-likeness (QED) is 0.673. The number of piperidine rings is 1. The number of hydrogen-bond donors (Lipinski definition) is 1. The molecule has 0 aliphatic carbocycles. The van der Waals surface area contributed by atoms with Crippen LogP contribution in [0.1, 0.15) is 28.9 Å². The van der Waals surface area contributed by atoms with Crippen molar-refractivity contribution in [2.24, 2.45) is 5.92 Å². The van der Waals surface area contributed by atoms with Gasteiger partial charge >= 0.3 is 0 Å². The SMILES string of the molecule is O=C(c1ccc2c(c1)OCO2)C1CCCN(C(=O)/C=C/c2cnc[nH]2)C1. The number of benzene rings is 1. The summed E-state index contributed by atoms with van der Waals surface area (Å²) in [6.45, 7) is 1.28. The number of nitrogens with zero attached hydrogens (tertiary/aromatic N) is 2. The number of likely N-dealkylation sites (tertiary alicyclic amines) is 1. The molecule has 1 atom stereocenters. The maximum absolute atomic E-state index is 12.8. The Morgan fingerprint density at radius 1 is 1.27 bits per heavy atom. The van der Waals surface area contributed by atoms with Gasteiger partial charge in [-0.2, -0.15) is 0 Å². The summed E-state index contributed by atoms with van der Waals surface area (Å²) in [7, 11) is 0. The Bertz CT molecular complexity index is 844. The highest BCUT2D eigenvalue weighted by Gasteiger charge is 2.29. The van der Waals surface area contributed by atoms with Crippen LogP contribution in [0, 0.1) is 5.92 Å². The van der Waals surface area contributed by atoms with E-state index in [2.05, 4.69) is 9.97 Å². The number of rotatable bonds is 4. The third-order valence-corrected chi connectivity index (χ3v) is 4.69. The monoisotopic (exact) mass is 353 g/mol. The molecular formula is C19H19N3O4. The average molecular weight is 353 g/mol. The Hall–Kier alpha value is -3.09. The second kappa shape index (κ2) is 7.03. The van der Waals surface area contributed by atoms with Gasteiger partial charge in [0.15, 0.2) is 17.3 Å². The first kappa shape index (κ1) is 16.4. The molecule has 0 radical (unpaired) electrons. The molecule has 26 heavy (non-hydrogen) atoms. The van der Waals surface area contributed by atoms with Gasteiger partial charge < -0.3 is 19.4 Å². The molecule has 0 bridgehead atoms. The van der Waals surface area contributed by atoms with E-state index in [0.717, 1.165) is 18.5 Å². The summed E-state index contributed by atoms with van der Waals surface area (Å²) >= 11 is 0. The molecule has 1 aromatic carbocycles. The molecule has 2 aromatic rings. The standard InChI is InChI=1S/C19H19N3O4/c23-18(6-4-15-9-20-11-21-15)22-7-1-2-14(10-22)19(24)13-3-5-16-17(8-13)26-12-25-16/h3-6,8-9,11,14H,1-2,7,10,12H2,(H,20,21)/b6-4+. The van der Waals surface area contributed by atoms with Crippen molar-refractivity contribution in [2.75, 3.05) is 19.9 Å². The number of imidazole rings is 1. The van der Waals surface area contributed by atoms with Crippen LogP contribution in [0.4, 0.5) is 0 Å². The molecule has 2 aliphatic rings.